The van der Waals surface area contributed by atoms with Gasteiger partial charge in [-0.1, -0.05) is 6.92 Å². The number of dihydropyridines is 1. The first-order chi connectivity index (χ1) is 8.17. The third-order valence-corrected chi connectivity index (χ3v) is 2.99. The second-order valence-electron chi connectivity index (χ2n) is 3.78. The van der Waals surface area contributed by atoms with E-state index in [4.69, 9.17) is 4.74 Å². The zero-order valence-electron chi connectivity index (χ0n) is 9.24. The van der Waals surface area contributed by atoms with Crippen LogP contribution >= 0.6 is 0 Å². The molecule has 17 heavy (non-hydrogen) atoms. The van der Waals surface area contributed by atoms with E-state index in [9.17, 15) is 14.7 Å². The van der Waals surface area contributed by atoms with E-state index in [1.54, 1.807) is 24.9 Å². The lowest BCUT2D eigenvalue weighted by atomic mass is 9.82. The highest BCUT2D eigenvalue weighted by molar-refractivity contribution is 5.68. The van der Waals surface area contributed by atoms with E-state index >= 15 is 0 Å². The van der Waals surface area contributed by atoms with Crippen molar-refractivity contribution in [3.8, 4) is 0 Å². The van der Waals surface area contributed by atoms with Crippen LogP contribution in [-0.4, -0.2) is 29.2 Å². The number of rotatable bonds is 1. The molecule has 0 amide bonds. The molecule has 2 aliphatic heterocycles. The minimum Gasteiger partial charge on any atom is -0.479 e. The highest BCUT2D eigenvalue weighted by Crippen LogP contribution is 2.38. The van der Waals surface area contributed by atoms with Crippen molar-refractivity contribution < 1.29 is 19.4 Å². The molecule has 0 saturated heterocycles. The molecule has 2 rings (SSSR count). The molecular formula is C12H11NO4. The van der Waals surface area contributed by atoms with Crippen LogP contribution in [0, 0.1) is 0 Å². The van der Waals surface area contributed by atoms with Crippen LogP contribution < -0.4 is 5.32 Å². The van der Waals surface area contributed by atoms with Gasteiger partial charge in [-0.2, -0.15) is 0 Å². The van der Waals surface area contributed by atoms with Crippen molar-refractivity contribution in [2.75, 3.05) is 6.61 Å². The van der Waals surface area contributed by atoms with Gasteiger partial charge in [0.05, 0.1) is 0 Å². The SMILES string of the molecule is CCC1(O)C(=C=O)OCC2=C1C=CNC2=C=O. The molecule has 0 aromatic carbocycles. The Balaban J connectivity index is 2.66. The lowest BCUT2D eigenvalue weighted by Crippen LogP contribution is -2.41. The van der Waals surface area contributed by atoms with Crippen LogP contribution in [0.3, 0.4) is 0 Å². The number of carbonyl (C=O) groups excluding carboxylic acids is 2. The Morgan fingerprint density at radius 1 is 1.53 bits per heavy atom. The topological polar surface area (TPSA) is 75.6 Å². The maximum Gasteiger partial charge on any atom is 0.216 e. The first-order valence-corrected chi connectivity index (χ1v) is 5.20. The van der Waals surface area contributed by atoms with E-state index in [1.807, 2.05) is 0 Å². The largest absolute Gasteiger partial charge is 0.479 e. The Morgan fingerprint density at radius 3 is 2.88 bits per heavy atom. The van der Waals surface area contributed by atoms with Crippen molar-refractivity contribution in [2.24, 2.45) is 0 Å². The Morgan fingerprint density at radius 2 is 2.29 bits per heavy atom. The van der Waals surface area contributed by atoms with Crippen molar-refractivity contribution >= 4 is 11.9 Å². The van der Waals surface area contributed by atoms with E-state index in [2.05, 4.69) is 5.32 Å². The molecule has 1 unspecified atom stereocenters. The monoisotopic (exact) mass is 233 g/mol. The van der Waals surface area contributed by atoms with E-state index < -0.39 is 5.60 Å². The summed E-state index contributed by atoms with van der Waals surface area (Å²) < 4.78 is 5.15. The molecule has 5 heteroatoms. The van der Waals surface area contributed by atoms with E-state index in [-0.39, 0.29) is 24.5 Å². The quantitative estimate of drug-likeness (QED) is 0.624. The molecule has 5 nitrogen and oxygen atoms in total. The first kappa shape index (κ1) is 11.4. The second-order valence-corrected chi connectivity index (χ2v) is 3.78. The minimum absolute atomic E-state index is 0.0458. The maximum absolute atomic E-state index is 10.8. The Kier molecular flexibility index (Phi) is 2.74. The standard InChI is InChI=1S/C12H11NO4/c1-2-12(16)9-3-4-13-10(5-14)8(9)7-17-11(12)6-15/h3-4,13,16H,2,7H2,1H3. The van der Waals surface area contributed by atoms with Crippen molar-refractivity contribution in [1.82, 2.24) is 5.32 Å². The summed E-state index contributed by atoms with van der Waals surface area (Å²) in [5.41, 5.74) is -0.289. The predicted molar refractivity (Wildman–Crippen MR) is 58.9 cm³/mol. The van der Waals surface area contributed by atoms with Crippen LogP contribution in [0.15, 0.2) is 34.9 Å². The van der Waals surface area contributed by atoms with Crippen LogP contribution in [0.5, 0.6) is 0 Å². The molecular weight excluding hydrogens is 222 g/mol. The molecule has 0 saturated carbocycles. The summed E-state index contributed by atoms with van der Waals surface area (Å²) in [4.78, 5) is 21.5. The van der Waals surface area contributed by atoms with E-state index in [0.29, 0.717) is 11.1 Å². The molecule has 0 bridgehead atoms. The maximum atomic E-state index is 10.8. The number of ether oxygens (including phenoxy) is 1. The fourth-order valence-electron chi connectivity index (χ4n) is 2.01. The molecule has 88 valence electrons. The summed E-state index contributed by atoms with van der Waals surface area (Å²) in [7, 11) is 0. The van der Waals surface area contributed by atoms with Crippen LogP contribution in [-0.2, 0) is 14.3 Å². The van der Waals surface area contributed by atoms with Crippen LogP contribution in [0.4, 0.5) is 0 Å². The summed E-state index contributed by atoms with van der Waals surface area (Å²) in [6.07, 6.45) is 3.40. The molecule has 0 radical (unpaired) electrons. The van der Waals surface area contributed by atoms with Crippen molar-refractivity contribution in [2.45, 2.75) is 18.9 Å². The van der Waals surface area contributed by atoms with Gasteiger partial charge < -0.3 is 15.2 Å². The number of hydrogen-bond donors (Lipinski definition) is 2. The van der Waals surface area contributed by atoms with E-state index in [1.165, 1.54) is 6.20 Å². The van der Waals surface area contributed by atoms with Gasteiger partial charge >= 0.3 is 0 Å². The summed E-state index contributed by atoms with van der Waals surface area (Å²) in [5.74, 6) is 3.21. The van der Waals surface area contributed by atoms with Gasteiger partial charge in [0.2, 0.25) is 5.76 Å². The fraction of sp³-hybridized carbons (Fsp3) is 0.333. The molecule has 0 fully saturated rings. The molecule has 2 aliphatic rings. The molecule has 0 aromatic heterocycles. The summed E-state index contributed by atoms with van der Waals surface area (Å²) in [5, 5.41) is 13.2. The lowest BCUT2D eigenvalue weighted by molar-refractivity contribution is 0.0324. The first-order valence-electron chi connectivity index (χ1n) is 5.20. The number of hydrogen-bond acceptors (Lipinski definition) is 5. The second kappa shape index (κ2) is 4.07. The van der Waals surface area contributed by atoms with Crippen molar-refractivity contribution in [3.63, 3.8) is 0 Å². The average molecular weight is 233 g/mol. The van der Waals surface area contributed by atoms with Crippen molar-refractivity contribution in [3.05, 3.63) is 34.9 Å². The molecule has 0 spiro atoms. The minimum atomic E-state index is -1.52. The fourth-order valence-corrected chi connectivity index (χ4v) is 2.01. The number of aliphatic hydroxyl groups is 1. The van der Waals surface area contributed by atoms with Gasteiger partial charge in [0.25, 0.3) is 0 Å². The Labute approximate surface area is 97.8 Å². The molecule has 2 N–H and O–H groups in total. The summed E-state index contributed by atoms with van der Waals surface area (Å²) in [6.45, 7) is 1.76. The van der Waals surface area contributed by atoms with Crippen LogP contribution in [0.1, 0.15) is 13.3 Å². The van der Waals surface area contributed by atoms with Gasteiger partial charge in [-0.15, -0.1) is 0 Å². The Hall–Kier alpha value is -2.06. The van der Waals surface area contributed by atoms with Gasteiger partial charge in [-0.3, -0.25) is 0 Å². The normalized spacial score (nSPS) is 26.7. The van der Waals surface area contributed by atoms with Crippen LogP contribution in [0.25, 0.3) is 0 Å². The highest BCUT2D eigenvalue weighted by Gasteiger charge is 2.43. The molecule has 0 aromatic rings. The van der Waals surface area contributed by atoms with Crippen LogP contribution in [0.2, 0.25) is 0 Å². The molecule has 2 heterocycles. The average Bonchev–Trinajstić information content (AvgIpc) is 2.38. The molecule has 1 atom stereocenters. The van der Waals surface area contributed by atoms with Gasteiger partial charge in [0.1, 0.15) is 12.3 Å². The van der Waals surface area contributed by atoms with Gasteiger partial charge in [0, 0.05) is 17.3 Å². The van der Waals surface area contributed by atoms with Gasteiger partial charge in [0.15, 0.2) is 17.5 Å². The lowest BCUT2D eigenvalue weighted by Gasteiger charge is -2.36. The predicted octanol–water partition coefficient (Wildman–Crippen LogP) is 0.00220. The smallest absolute Gasteiger partial charge is 0.216 e. The van der Waals surface area contributed by atoms with Gasteiger partial charge in [-0.25, -0.2) is 9.59 Å². The third-order valence-electron chi connectivity index (χ3n) is 2.99. The zero-order valence-corrected chi connectivity index (χ0v) is 9.24. The van der Waals surface area contributed by atoms with E-state index in [0.717, 1.165) is 0 Å². The highest BCUT2D eigenvalue weighted by atomic mass is 16.5. The molecule has 0 aliphatic carbocycles. The third kappa shape index (κ3) is 1.54. The number of nitrogens with one attached hydrogen (secondary N) is 1. The van der Waals surface area contributed by atoms with Crippen molar-refractivity contribution in [1.29, 1.82) is 0 Å². The zero-order chi connectivity index (χ0) is 12.5. The Bertz CT molecular complexity index is 519. The summed E-state index contributed by atoms with van der Waals surface area (Å²) >= 11 is 0. The van der Waals surface area contributed by atoms with Gasteiger partial charge in [-0.05, 0) is 12.5 Å². The summed E-state index contributed by atoms with van der Waals surface area (Å²) in [6, 6.07) is 0.